The molecule has 2 saturated heterocycles. The molecule has 0 bridgehead atoms. The van der Waals surface area contributed by atoms with Crippen LogP contribution >= 0.6 is 11.3 Å². The van der Waals surface area contributed by atoms with Crippen molar-refractivity contribution in [2.75, 3.05) is 37.7 Å². The van der Waals surface area contributed by atoms with Crippen LogP contribution < -0.4 is 9.64 Å². The number of piperazine rings is 1. The van der Waals surface area contributed by atoms with Crippen molar-refractivity contribution in [3.8, 4) is 5.88 Å². The van der Waals surface area contributed by atoms with Gasteiger partial charge in [-0.25, -0.2) is 19.0 Å². The number of anilines is 1. The molecule has 4 aromatic rings. The Kier molecular flexibility index (Phi) is 7.34. The number of hydrogen-bond acceptors (Lipinski definition) is 8. The van der Waals surface area contributed by atoms with Crippen LogP contribution in [-0.2, 0) is 24.4 Å². The molecule has 1 N–H and O–H groups in total. The number of aromatic carboxylic acids is 1. The number of aromatic nitrogens is 3. The number of carboxylic acid groups (broad SMARTS) is 1. The SMILES string of the molecule is [C-]#[N+]c1ccc(COc2cccc(N3CCN(Cc4nc5sc(C(=O)O)cc5n4CC4CCO4)CC3)n2)c(F)c1. The zero-order valence-corrected chi connectivity index (χ0v) is 22.4. The first-order valence-electron chi connectivity index (χ1n) is 13.0. The predicted octanol–water partition coefficient (Wildman–Crippen LogP) is 4.57. The molecule has 0 radical (unpaired) electrons. The molecule has 2 aliphatic heterocycles. The van der Waals surface area contributed by atoms with E-state index < -0.39 is 11.8 Å². The molecule has 0 saturated carbocycles. The molecule has 1 aromatic carbocycles. The Morgan fingerprint density at radius 1 is 1.20 bits per heavy atom. The predicted molar refractivity (Wildman–Crippen MR) is 148 cm³/mol. The van der Waals surface area contributed by atoms with Crippen molar-refractivity contribution in [1.82, 2.24) is 19.4 Å². The second kappa shape index (κ2) is 11.2. The summed E-state index contributed by atoms with van der Waals surface area (Å²) in [6.45, 7) is 12.3. The van der Waals surface area contributed by atoms with Gasteiger partial charge in [0.25, 0.3) is 0 Å². The van der Waals surface area contributed by atoms with Crippen molar-refractivity contribution in [2.45, 2.75) is 32.2 Å². The first-order valence-corrected chi connectivity index (χ1v) is 13.9. The fraction of sp³-hybridized carbons (Fsp3) is 0.357. The number of fused-ring (bicyclic) bond motifs is 1. The normalized spacial score (nSPS) is 17.5. The molecule has 1 unspecified atom stereocenters. The minimum absolute atomic E-state index is 0.0261. The van der Waals surface area contributed by atoms with Gasteiger partial charge in [0.05, 0.1) is 31.3 Å². The van der Waals surface area contributed by atoms with Crippen LogP contribution in [0.2, 0.25) is 0 Å². The van der Waals surface area contributed by atoms with Crippen LogP contribution in [0.15, 0.2) is 42.5 Å². The van der Waals surface area contributed by atoms with Gasteiger partial charge in [0.15, 0.2) is 5.69 Å². The van der Waals surface area contributed by atoms with E-state index in [1.807, 2.05) is 12.1 Å². The quantitative estimate of drug-likeness (QED) is 0.297. The molecule has 10 nitrogen and oxygen atoms in total. The van der Waals surface area contributed by atoms with E-state index in [1.165, 1.54) is 17.4 Å². The van der Waals surface area contributed by atoms with E-state index in [0.717, 1.165) is 61.2 Å². The molecule has 2 aliphatic rings. The Morgan fingerprint density at radius 2 is 2.02 bits per heavy atom. The van der Waals surface area contributed by atoms with Crippen LogP contribution in [0.1, 0.15) is 27.5 Å². The lowest BCUT2D eigenvalue weighted by molar-refractivity contribution is -0.0592. The molecule has 2 fully saturated rings. The average molecular weight is 563 g/mol. The number of thiophene rings is 1. The fourth-order valence-corrected chi connectivity index (χ4v) is 5.78. The van der Waals surface area contributed by atoms with Gasteiger partial charge in [-0.2, -0.15) is 4.98 Å². The van der Waals surface area contributed by atoms with E-state index >= 15 is 0 Å². The highest BCUT2D eigenvalue weighted by atomic mass is 32.1. The molecule has 12 heteroatoms. The van der Waals surface area contributed by atoms with Gasteiger partial charge in [0, 0.05) is 44.4 Å². The van der Waals surface area contributed by atoms with Crippen LogP contribution in [0.4, 0.5) is 15.9 Å². The summed E-state index contributed by atoms with van der Waals surface area (Å²) in [4.78, 5) is 29.7. The van der Waals surface area contributed by atoms with Crippen molar-refractivity contribution < 1.29 is 23.8 Å². The molecule has 3 aromatic heterocycles. The van der Waals surface area contributed by atoms with Gasteiger partial charge in [0.2, 0.25) is 5.88 Å². The summed E-state index contributed by atoms with van der Waals surface area (Å²) in [7, 11) is 0. The molecule has 6 rings (SSSR count). The highest BCUT2D eigenvalue weighted by molar-refractivity contribution is 7.20. The van der Waals surface area contributed by atoms with Gasteiger partial charge in [-0.3, -0.25) is 4.90 Å². The number of carboxylic acids is 1. The largest absolute Gasteiger partial charge is 0.477 e. The van der Waals surface area contributed by atoms with Gasteiger partial charge >= 0.3 is 5.97 Å². The van der Waals surface area contributed by atoms with Crippen molar-refractivity contribution >= 4 is 39.2 Å². The molecule has 0 amide bonds. The number of nitrogens with zero attached hydrogens (tertiary/aromatic N) is 6. The average Bonchev–Trinajstić information content (AvgIpc) is 3.49. The Hall–Kier alpha value is -4.05. The minimum atomic E-state index is -0.933. The standard InChI is InChI=1S/C28H27FN6O4S/c1-30-19-6-5-18(21(29)13-19)17-39-26-4-2-3-24(31-26)34-10-8-33(9-11-34)16-25-32-27-22(14-23(40-27)28(36)37)35(25)15-20-7-12-38-20/h2-6,13-14,20H,7-12,15-17H2,(H,36,37). The number of rotatable bonds is 9. The van der Waals surface area contributed by atoms with Crippen LogP contribution in [-0.4, -0.2) is 69.4 Å². The smallest absolute Gasteiger partial charge is 0.346 e. The lowest BCUT2D eigenvalue weighted by atomic mass is 10.2. The van der Waals surface area contributed by atoms with Crippen molar-refractivity contribution in [3.05, 3.63) is 76.0 Å². The zero-order valence-electron chi connectivity index (χ0n) is 21.6. The second-order valence-corrected chi connectivity index (χ2v) is 10.8. The summed E-state index contributed by atoms with van der Waals surface area (Å²) >= 11 is 1.21. The first kappa shape index (κ1) is 26.2. The summed E-state index contributed by atoms with van der Waals surface area (Å²) in [5.41, 5.74) is 1.48. The van der Waals surface area contributed by atoms with Gasteiger partial charge in [-0.1, -0.05) is 18.2 Å². The van der Waals surface area contributed by atoms with Crippen LogP contribution in [0, 0.1) is 12.4 Å². The molecule has 0 spiro atoms. The molecular weight excluding hydrogens is 535 g/mol. The van der Waals surface area contributed by atoms with Crippen molar-refractivity contribution in [2.24, 2.45) is 0 Å². The zero-order chi connectivity index (χ0) is 27.6. The van der Waals surface area contributed by atoms with E-state index in [0.29, 0.717) is 29.4 Å². The number of ether oxygens (including phenoxy) is 2. The van der Waals surface area contributed by atoms with Crippen LogP contribution in [0.3, 0.4) is 0 Å². The Balaban J connectivity index is 1.08. The van der Waals surface area contributed by atoms with E-state index in [2.05, 4.69) is 24.2 Å². The number of pyridine rings is 1. The fourth-order valence-electron chi connectivity index (χ4n) is 4.89. The Labute approximate surface area is 234 Å². The summed E-state index contributed by atoms with van der Waals surface area (Å²) in [5.74, 6) is 0.731. The number of imidazole rings is 1. The number of benzene rings is 1. The lowest BCUT2D eigenvalue weighted by Crippen LogP contribution is -2.46. The molecule has 206 valence electrons. The lowest BCUT2D eigenvalue weighted by Gasteiger charge is -2.35. The topological polar surface area (TPSA) is 97.3 Å². The Morgan fingerprint density at radius 3 is 2.73 bits per heavy atom. The third-order valence-corrected chi connectivity index (χ3v) is 8.23. The van der Waals surface area contributed by atoms with Crippen molar-refractivity contribution in [1.29, 1.82) is 0 Å². The minimum Gasteiger partial charge on any atom is -0.477 e. The maximum atomic E-state index is 14.2. The Bertz CT molecular complexity index is 1590. The molecule has 0 aliphatic carbocycles. The number of hydrogen-bond donors (Lipinski definition) is 1. The monoisotopic (exact) mass is 562 g/mol. The highest BCUT2D eigenvalue weighted by Gasteiger charge is 2.26. The van der Waals surface area contributed by atoms with E-state index in [9.17, 15) is 14.3 Å². The van der Waals surface area contributed by atoms with E-state index in [1.54, 1.807) is 24.3 Å². The third kappa shape index (κ3) is 5.49. The molecule has 1 atom stereocenters. The molecule has 40 heavy (non-hydrogen) atoms. The van der Waals surface area contributed by atoms with E-state index in [-0.39, 0.29) is 18.4 Å². The van der Waals surface area contributed by atoms with Crippen LogP contribution in [0.25, 0.3) is 15.2 Å². The third-order valence-electron chi connectivity index (χ3n) is 7.23. The summed E-state index contributed by atoms with van der Waals surface area (Å²) < 4.78 is 27.7. The summed E-state index contributed by atoms with van der Waals surface area (Å²) in [6.07, 6.45) is 1.13. The molecule has 5 heterocycles. The van der Waals surface area contributed by atoms with Gasteiger partial charge in [-0.15, -0.1) is 11.3 Å². The summed E-state index contributed by atoms with van der Waals surface area (Å²) in [5, 5.41) is 9.41. The molecular formula is C28H27FN6O4S. The second-order valence-electron chi connectivity index (χ2n) is 9.80. The maximum Gasteiger partial charge on any atom is 0.346 e. The van der Waals surface area contributed by atoms with Gasteiger partial charge < -0.3 is 24.0 Å². The number of carbonyl (C=O) groups is 1. The van der Waals surface area contributed by atoms with Gasteiger partial charge in [-0.05, 0) is 24.6 Å². The summed E-state index contributed by atoms with van der Waals surface area (Å²) in [6, 6.07) is 11.6. The number of halogens is 1. The maximum absolute atomic E-state index is 14.2. The first-order chi connectivity index (χ1) is 19.5. The van der Waals surface area contributed by atoms with Crippen LogP contribution in [0.5, 0.6) is 5.88 Å². The van der Waals surface area contributed by atoms with E-state index in [4.69, 9.17) is 21.0 Å². The van der Waals surface area contributed by atoms with Crippen molar-refractivity contribution in [3.63, 3.8) is 0 Å². The van der Waals surface area contributed by atoms with Gasteiger partial charge in [0.1, 0.15) is 33.8 Å². The highest BCUT2D eigenvalue weighted by Crippen LogP contribution is 2.29.